The molecule has 0 atom stereocenters. The maximum atomic E-state index is 11.9. The number of nitrogens with two attached hydrogens (primary N) is 1. The quantitative estimate of drug-likeness (QED) is 0.423. The van der Waals surface area contributed by atoms with Crippen molar-refractivity contribution in [3.05, 3.63) is 33.9 Å². The molecule has 7 nitrogen and oxygen atoms in total. The molecule has 1 fully saturated rings. The fraction of sp³-hybridized carbons (Fsp3) is 0.417. The van der Waals surface area contributed by atoms with Crippen LogP contribution in [0.4, 0.5) is 11.4 Å². The molecule has 0 radical (unpaired) electrons. The van der Waals surface area contributed by atoms with Crippen LogP contribution in [0, 0.1) is 16.0 Å². The first kappa shape index (κ1) is 13.3. The zero-order valence-electron chi connectivity index (χ0n) is 10.4. The molecule has 0 aliphatic heterocycles. The highest BCUT2D eigenvalue weighted by Crippen LogP contribution is 2.26. The van der Waals surface area contributed by atoms with Crippen LogP contribution >= 0.6 is 0 Å². The number of nitro groups is 1. The van der Waals surface area contributed by atoms with Gasteiger partial charge in [-0.05, 0) is 30.9 Å². The first-order valence-electron chi connectivity index (χ1n) is 6.15. The van der Waals surface area contributed by atoms with E-state index < -0.39 is 4.92 Å². The van der Waals surface area contributed by atoms with Crippen molar-refractivity contribution in [2.24, 2.45) is 11.8 Å². The minimum Gasteiger partial charge on any atom is -0.352 e. The molecule has 19 heavy (non-hydrogen) atoms. The maximum Gasteiger partial charge on any atom is 0.293 e. The number of amides is 1. The monoisotopic (exact) mass is 264 g/mol. The molecular weight excluding hydrogens is 248 g/mol. The Bertz CT molecular complexity index is 500. The number of carbonyl (C=O) groups excluding carboxylic acids is 1. The van der Waals surface area contributed by atoms with E-state index in [0.29, 0.717) is 18.0 Å². The summed E-state index contributed by atoms with van der Waals surface area (Å²) in [7, 11) is 0. The van der Waals surface area contributed by atoms with E-state index >= 15 is 0 Å². The summed E-state index contributed by atoms with van der Waals surface area (Å²) in [6.45, 7) is 0.654. The predicted molar refractivity (Wildman–Crippen MR) is 70.6 cm³/mol. The van der Waals surface area contributed by atoms with Gasteiger partial charge in [-0.15, -0.1) is 0 Å². The molecule has 0 saturated heterocycles. The van der Waals surface area contributed by atoms with Gasteiger partial charge in [-0.25, -0.2) is 0 Å². The lowest BCUT2D eigenvalue weighted by molar-refractivity contribution is -0.384. The molecule has 0 unspecified atom stereocenters. The first-order chi connectivity index (χ1) is 9.11. The van der Waals surface area contributed by atoms with Crippen LogP contribution in [0.25, 0.3) is 0 Å². The summed E-state index contributed by atoms with van der Waals surface area (Å²) in [6.07, 6.45) is 3.52. The Kier molecular flexibility index (Phi) is 3.96. The molecule has 1 aromatic rings. The standard InChI is InChI=1S/C12H16N4O3/c13-15-10-6-9(4-5-11(10)16(18)19)12(17)14-7-8-2-1-3-8/h4-6,8,15H,1-3,7,13H2,(H,14,17). The van der Waals surface area contributed by atoms with Gasteiger partial charge >= 0.3 is 0 Å². The van der Waals surface area contributed by atoms with Crippen LogP contribution in [0.2, 0.25) is 0 Å². The summed E-state index contributed by atoms with van der Waals surface area (Å²) in [5, 5.41) is 13.6. The Morgan fingerprint density at radius 3 is 2.74 bits per heavy atom. The molecule has 0 spiro atoms. The van der Waals surface area contributed by atoms with Gasteiger partial charge in [0.2, 0.25) is 0 Å². The molecule has 1 saturated carbocycles. The van der Waals surface area contributed by atoms with Crippen LogP contribution in [0.1, 0.15) is 29.6 Å². The second-order valence-electron chi connectivity index (χ2n) is 4.64. The van der Waals surface area contributed by atoms with E-state index in [9.17, 15) is 14.9 Å². The predicted octanol–water partition coefficient (Wildman–Crippen LogP) is 1.41. The Morgan fingerprint density at radius 2 is 2.21 bits per heavy atom. The summed E-state index contributed by atoms with van der Waals surface area (Å²) in [4.78, 5) is 22.1. The fourth-order valence-electron chi connectivity index (χ4n) is 1.99. The Balaban J connectivity index is 2.06. The summed E-state index contributed by atoms with van der Waals surface area (Å²) in [5.74, 6) is 5.55. The smallest absolute Gasteiger partial charge is 0.293 e. The molecule has 0 bridgehead atoms. The lowest BCUT2D eigenvalue weighted by Gasteiger charge is -2.25. The maximum absolute atomic E-state index is 11.9. The molecule has 102 valence electrons. The SMILES string of the molecule is NNc1cc(C(=O)NCC2CCC2)ccc1[N+](=O)[O-]. The second kappa shape index (κ2) is 5.66. The fourth-order valence-corrected chi connectivity index (χ4v) is 1.99. The van der Waals surface area contributed by atoms with E-state index in [-0.39, 0.29) is 17.3 Å². The van der Waals surface area contributed by atoms with Crippen LogP contribution in [-0.4, -0.2) is 17.4 Å². The summed E-state index contributed by atoms with van der Waals surface area (Å²) < 4.78 is 0. The third kappa shape index (κ3) is 3.00. The van der Waals surface area contributed by atoms with E-state index in [0.717, 1.165) is 12.8 Å². The Morgan fingerprint density at radius 1 is 1.47 bits per heavy atom. The number of hydrogen-bond donors (Lipinski definition) is 3. The number of carbonyl (C=O) groups is 1. The summed E-state index contributed by atoms with van der Waals surface area (Å²) in [6, 6.07) is 4.08. The molecular formula is C12H16N4O3. The highest BCUT2D eigenvalue weighted by Gasteiger charge is 2.19. The summed E-state index contributed by atoms with van der Waals surface area (Å²) >= 11 is 0. The van der Waals surface area contributed by atoms with Crippen LogP contribution in [0.15, 0.2) is 18.2 Å². The number of anilines is 1. The number of hydrogen-bond acceptors (Lipinski definition) is 5. The number of hydrazine groups is 1. The van der Waals surface area contributed by atoms with E-state index in [1.165, 1.54) is 24.6 Å². The number of nitrogens with one attached hydrogen (secondary N) is 2. The molecule has 4 N–H and O–H groups in total. The average Bonchev–Trinajstić information content (AvgIpc) is 2.35. The van der Waals surface area contributed by atoms with Gasteiger partial charge in [0.05, 0.1) is 4.92 Å². The van der Waals surface area contributed by atoms with E-state index in [4.69, 9.17) is 5.84 Å². The van der Waals surface area contributed by atoms with Crippen molar-refractivity contribution in [2.45, 2.75) is 19.3 Å². The molecule has 1 amide bonds. The normalized spacial score (nSPS) is 14.6. The Hall–Kier alpha value is -2.15. The van der Waals surface area contributed by atoms with E-state index in [1.807, 2.05) is 0 Å². The van der Waals surface area contributed by atoms with Crippen molar-refractivity contribution in [3.63, 3.8) is 0 Å². The van der Waals surface area contributed by atoms with Gasteiger partial charge in [0.25, 0.3) is 11.6 Å². The molecule has 0 aromatic heterocycles. The molecule has 1 aromatic carbocycles. The Labute approximate surface area is 110 Å². The van der Waals surface area contributed by atoms with Crippen LogP contribution in [0.3, 0.4) is 0 Å². The number of nitrogen functional groups attached to an aromatic ring is 1. The first-order valence-corrected chi connectivity index (χ1v) is 6.15. The lowest BCUT2D eigenvalue weighted by atomic mass is 9.85. The third-order valence-electron chi connectivity index (χ3n) is 3.39. The lowest BCUT2D eigenvalue weighted by Crippen LogP contribution is -2.32. The minimum atomic E-state index is -0.550. The summed E-state index contributed by atoms with van der Waals surface area (Å²) in [5.41, 5.74) is 2.57. The number of nitro benzene ring substituents is 1. The zero-order valence-corrected chi connectivity index (χ0v) is 10.4. The zero-order chi connectivity index (χ0) is 13.8. The van der Waals surface area contributed by atoms with Crippen molar-refractivity contribution in [1.29, 1.82) is 0 Å². The molecule has 0 heterocycles. The number of benzene rings is 1. The van der Waals surface area contributed by atoms with Gasteiger partial charge in [0.1, 0.15) is 5.69 Å². The van der Waals surface area contributed by atoms with Gasteiger partial charge in [-0.2, -0.15) is 0 Å². The van der Waals surface area contributed by atoms with Gasteiger partial charge < -0.3 is 10.7 Å². The third-order valence-corrected chi connectivity index (χ3v) is 3.39. The number of nitrogens with zero attached hydrogens (tertiary/aromatic N) is 1. The van der Waals surface area contributed by atoms with Gasteiger partial charge in [0, 0.05) is 18.2 Å². The average molecular weight is 264 g/mol. The molecule has 1 aliphatic carbocycles. The van der Waals surface area contributed by atoms with Crippen molar-refractivity contribution in [2.75, 3.05) is 12.0 Å². The van der Waals surface area contributed by atoms with E-state index in [1.54, 1.807) is 0 Å². The molecule has 7 heteroatoms. The molecule has 2 rings (SSSR count). The van der Waals surface area contributed by atoms with Crippen molar-refractivity contribution in [1.82, 2.24) is 5.32 Å². The van der Waals surface area contributed by atoms with Crippen molar-refractivity contribution < 1.29 is 9.72 Å². The largest absolute Gasteiger partial charge is 0.352 e. The highest BCUT2D eigenvalue weighted by molar-refractivity contribution is 5.95. The van der Waals surface area contributed by atoms with Crippen LogP contribution in [0.5, 0.6) is 0 Å². The van der Waals surface area contributed by atoms with Gasteiger partial charge in [0.15, 0.2) is 0 Å². The topological polar surface area (TPSA) is 110 Å². The van der Waals surface area contributed by atoms with Gasteiger partial charge in [-0.1, -0.05) is 6.42 Å². The second-order valence-corrected chi connectivity index (χ2v) is 4.64. The highest BCUT2D eigenvalue weighted by atomic mass is 16.6. The van der Waals surface area contributed by atoms with Crippen molar-refractivity contribution in [3.8, 4) is 0 Å². The number of rotatable bonds is 5. The van der Waals surface area contributed by atoms with E-state index in [2.05, 4.69) is 10.7 Å². The van der Waals surface area contributed by atoms with Gasteiger partial charge in [-0.3, -0.25) is 20.8 Å². The minimum absolute atomic E-state index is 0.126. The van der Waals surface area contributed by atoms with Crippen LogP contribution < -0.4 is 16.6 Å². The van der Waals surface area contributed by atoms with Crippen molar-refractivity contribution >= 4 is 17.3 Å². The molecule has 1 aliphatic rings. The van der Waals surface area contributed by atoms with Crippen LogP contribution in [-0.2, 0) is 0 Å².